The molecule has 2 aromatic carbocycles. The minimum absolute atomic E-state index is 0.163. The van der Waals surface area contributed by atoms with Crippen molar-refractivity contribution in [3.8, 4) is 0 Å². The van der Waals surface area contributed by atoms with Gasteiger partial charge in [0.15, 0.2) is 0 Å². The predicted octanol–water partition coefficient (Wildman–Crippen LogP) is 2.54. The lowest BCUT2D eigenvalue weighted by Gasteiger charge is -2.05. The summed E-state index contributed by atoms with van der Waals surface area (Å²) in [6.07, 6.45) is 0. The van der Waals surface area contributed by atoms with Gasteiger partial charge in [0.05, 0.1) is 0 Å². The molecule has 0 saturated carbocycles. The number of hydrogen-bond acceptors (Lipinski definition) is 3. The predicted molar refractivity (Wildman–Crippen MR) is 72.7 cm³/mol. The Labute approximate surface area is 106 Å². The first-order valence-corrected chi connectivity index (χ1v) is 5.67. The normalized spacial score (nSPS) is 11.3. The van der Waals surface area contributed by atoms with Crippen LogP contribution in [0.4, 0.5) is 0 Å². The molecule has 0 saturated heterocycles. The van der Waals surface area contributed by atoms with E-state index in [1.165, 1.54) is 0 Å². The van der Waals surface area contributed by atoms with Gasteiger partial charge in [-0.25, -0.2) is 0 Å². The van der Waals surface area contributed by atoms with Gasteiger partial charge in [0.1, 0.15) is 5.71 Å². The van der Waals surface area contributed by atoms with Crippen LogP contribution in [0.3, 0.4) is 0 Å². The van der Waals surface area contributed by atoms with Crippen LogP contribution in [0.1, 0.15) is 21.5 Å². The highest BCUT2D eigenvalue weighted by Gasteiger charge is 2.15. The molecule has 0 bridgehead atoms. The summed E-state index contributed by atoms with van der Waals surface area (Å²) in [5.41, 5.74) is 2.70. The summed E-state index contributed by atoms with van der Waals surface area (Å²) in [6, 6.07) is 16.6. The Hall–Kier alpha value is -2.42. The fraction of sp³-hybridized carbons (Fsp3) is 0.0667. The monoisotopic (exact) mass is 238 g/mol. The Morgan fingerprint density at radius 3 is 2.11 bits per heavy atom. The first-order valence-electron chi connectivity index (χ1n) is 5.67. The van der Waals surface area contributed by atoms with Crippen LogP contribution in [0.5, 0.6) is 0 Å². The Kier molecular flexibility index (Phi) is 3.53. The van der Waals surface area contributed by atoms with Gasteiger partial charge in [-0.2, -0.15) is 5.10 Å². The Morgan fingerprint density at radius 2 is 1.56 bits per heavy atom. The van der Waals surface area contributed by atoms with E-state index in [0.717, 1.165) is 11.1 Å². The lowest BCUT2D eigenvalue weighted by atomic mass is 10.00. The van der Waals surface area contributed by atoms with Gasteiger partial charge in [-0.05, 0) is 6.92 Å². The number of hydrogen-bond donors (Lipinski definition) is 1. The molecule has 0 unspecified atom stereocenters. The van der Waals surface area contributed by atoms with Crippen molar-refractivity contribution in [1.29, 1.82) is 0 Å². The average molecular weight is 238 g/mol. The molecule has 0 radical (unpaired) electrons. The van der Waals surface area contributed by atoms with Crippen molar-refractivity contribution in [2.24, 2.45) is 10.9 Å². The van der Waals surface area contributed by atoms with E-state index >= 15 is 0 Å². The molecule has 0 aliphatic heterocycles. The SMILES string of the molecule is Cc1ccc(C(=O)C(=NN)c2ccccc2)cc1. The molecule has 90 valence electrons. The molecule has 0 amide bonds. The zero-order valence-electron chi connectivity index (χ0n) is 10.1. The molecule has 0 aliphatic carbocycles. The molecular formula is C15H14N2O. The largest absolute Gasteiger partial charge is 0.323 e. The van der Waals surface area contributed by atoms with Crippen LogP contribution >= 0.6 is 0 Å². The maximum atomic E-state index is 12.3. The highest BCUT2D eigenvalue weighted by Crippen LogP contribution is 2.09. The van der Waals surface area contributed by atoms with Gasteiger partial charge < -0.3 is 5.84 Å². The highest BCUT2D eigenvalue weighted by atomic mass is 16.1. The van der Waals surface area contributed by atoms with Crippen LogP contribution < -0.4 is 5.84 Å². The molecule has 0 aliphatic rings. The molecule has 3 nitrogen and oxygen atoms in total. The molecule has 0 aromatic heterocycles. The van der Waals surface area contributed by atoms with Crippen LogP contribution in [0.25, 0.3) is 0 Å². The van der Waals surface area contributed by atoms with Crippen molar-refractivity contribution in [2.75, 3.05) is 0 Å². The first kappa shape index (κ1) is 12.0. The van der Waals surface area contributed by atoms with Crippen molar-refractivity contribution < 1.29 is 4.79 Å². The quantitative estimate of drug-likeness (QED) is 0.386. The molecule has 2 N–H and O–H groups in total. The van der Waals surface area contributed by atoms with Gasteiger partial charge in [-0.1, -0.05) is 60.2 Å². The fourth-order valence-corrected chi connectivity index (χ4v) is 1.70. The van der Waals surface area contributed by atoms with E-state index in [1.807, 2.05) is 49.4 Å². The van der Waals surface area contributed by atoms with Crippen molar-refractivity contribution in [1.82, 2.24) is 0 Å². The number of carbonyl (C=O) groups excluding carboxylic acids is 1. The standard InChI is InChI=1S/C15H14N2O/c1-11-7-9-13(10-8-11)15(18)14(17-16)12-5-3-2-4-6-12/h2-10H,16H2,1H3. The summed E-state index contributed by atoms with van der Waals surface area (Å²) in [4.78, 5) is 12.3. The van der Waals surface area contributed by atoms with Crippen molar-refractivity contribution in [2.45, 2.75) is 6.92 Å². The van der Waals surface area contributed by atoms with Gasteiger partial charge in [0.25, 0.3) is 0 Å². The van der Waals surface area contributed by atoms with E-state index in [0.29, 0.717) is 5.56 Å². The lowest BCUT2D eigenvalue weighted by Crippen LogP contribution is -2.17. The molecule has 2 aromatic rings. The number of carbonyl (C=O) groups is 1. The van der Waals surface area contributed by atoms with E-state index in [9.17, 15) is 4.79 Å². The second-order valence-electron chi connectivity index (χ2n) is 4.04. The number of Topliss-reactive ketones (excluding diaryl/α,β-unsaturated/α-hetero) is 1. The highest BCUT2D eigenvalue weighted by molar-refractivity contribution is 6.51. The summed E-state index contributed by atoms with van der Waals surface area (Å²) < 4.78 is 0. The first-order chi connectivity index (χ1) is 8.72. The van der Waals surface area contributed by atoms with E-state index in [4.69, 9.17) is 5.84 Å². The van der Waals surface area contributed by atoms with Crippen LogP contribution in [-0.2, 0) is 0 Å². The van der Waals surface area contributed by atoms with Gasteiger partial charge in [0, 0.05) is 11.1 Å². The molecule has 0 fully saturated rings. The summed E-state index contributed by atoms with van der Waals surface area (Å²) in [5.74, 6) is 5.18. The second kappa shape index (κ2) is 5.27. The number of aryl methyl sites for hydroxylation is 1. The number of hydrazone groups is 1. The van der Waals surface area contributed by atoms with Crippen molar-refractivity contribution in [3.05, 3.63) is 71.3 Å². The minimum Gasteiger partial charge on any atom is -0.323 e. The van der Waals surface area contributed by atoms with Gasteiger partial charge in [0.2, 0.25) is 5.78 Å². The third-order valence-corrected chi connectivity index (χ3v) is 2.71. The van der Waals surface area contributed by atoms with E-state index in [2.05, 4.69) is 5.10 Å². The number of benzene rings is 2. The fourth-order valence-electron chi connectivity index (χ4n) is 1.70. The third-order valence-electron chi connectivity index (χ3n) is 2.71. The topological polar surface area (TPSA) is 55.5 Å². The molecule has 0 atom stereocenters. The Bertz CT molecular complexity index is 571. The summed E-state index contributed by atoms with van der Waals surface area (Å²) >= 11 is 0. The summed E-state index contributed by atoms with van der Waals surface area (Å²) in [6.45, 7) is 1.98. The Morgan fingerprint density at radius 1 is 0.944 bits per heavy atom. The average Bonchev–Trinajstić information content (AvgIpc) is 2.41. The van der Waals surface area contributed by atoms with Crippen molar-refractivity contribution in [3.63, 3.8) is 0 Å². The molecule has 0 heterocycles. The molecule has 18 heavy (non-hydrogen) atoms. The van der Waals surface area contributed by atoms with Gasteiger partial charge >= 0.3 is 0 Å². The second-order valence-corrected chi connectivity index (χ2v) is 4.04. The van der Waals surface area contributed by atoms with Crippen LogP contribution in [-0.4, -0.2) is 11.5 Å². The zero-order chi connectivity index (χ0) is 13.0. The molecular weight excluding hydrogens is 224 g/mol. The molecule has 2 rings (SSSR count). The number of ketones is 1. The van der Waals surface area contributed by atoms with E-state index in [-0.39, 0.29) is 11.5 Å². The van der Waals surface area contributed by atoms with Crippen LogP contribution in [0.2, 0.25) is 0 Å². The maximum absolute atomic E-state index is 12.3. The van der Waals surface area contributed by atoms with Crippen LogP contribution in [0, 0.1) is 6.92 Å². The van der Waals surface area contributed by atoms with E-state index in [1.54, 1.807) is 12.1 Å². The zero-order valence-corrected chi connectivity index (χ0v) is 10.1. The third kappa shape index (κ3) is 2.46. The maximum Gasteiger partial charge on any atom is 0.213 e. The number of nitrogens with two attached hydrogens (primary N) is 1. The molecule has 0 spiro atoms. The summed E-state index contributed by atoms with van der Waals surface area (Å²) in [5, 5.41) is 3.62. The smallest absolute Gasteiger partial charge is 0.213 e. The van der Waals surface area contributed by atoms with Crippen LogP contribution in [0.15, 0.2) is 59.7 Å². The van der Waals surface area contributed by atoms with Gasteiger partial charge in [-0.15, -0.1) is 0 Å². The molecule has 3 heteroatoms. The van der Waals surface area contributed by atoms with Crippen molar-refractivity contribution >= 4 is 11.5 Å². The summed E-state index contributed by atoms with van der Waals surface area (Å²) in [7, 11) is 0. The Balaban J connectivity index is 2.35. The number of rotatable bonds is 3. The lowest BCUT2D eigenvalue weighted by molar-refractivity contribution is 0.106. The van der Waals surface area contributed by atoms with E-state index < -0.39 is 0 Å². The van der Waals surface area contributed by atoms with Gasteiger partial charge in [-0.3, -0.25) is 4.79 Å². The number of nitrogens with zero attached hydrogens (tertiary/aromatic N) is 1. The minimum atomic E-state index is -0.163.